The lowest BCUT2D eigenvalue weighted by Crippen LogP contribution is -2.37. The van der Waals surface area contributed by atoms with Crippen LogP contribution in [0.5, 0.6) is 23.0 Å². The fourth-order valence-corrected chi connectivity index (χ4v) is 10.9. The fourth-order valence-electron chi connectivity index (χ4n) is 8.65. The number of carbonyl (C=O) groups excluding carboxylic acids is 2. The Bertz CT molecular complexity index is 2590. The molecule has 5 aromatic rings. The van der Waals surface area contributed by atoms with Gasteiger partial charge in [0.1, 0.15) is 24.7 Å². The van der Waals surface area contributed by atoms with Gasteiger partial charge in [0.2, 0.25) is 0 Å². The molecule has 9 rings (SSSR count). The third kappa shape index (κ3) is 8.23. The quantitative estimate of drug-likeness (QED) is 0.0798. The van der Waals surface area contributed by atoms with Gasteiger partial charge in [-0.1, -0.05) is 70.1 Å². The molecule has 4 aromatic carbocycles. The minimum Gasteiger partial charge on any atom is -0.493 e. The van der Waals surface area contributed by atoms with E-state index >= 15 is 0 Å². The molecule has 0 spiro atoms. The Hall–Kier alpha value is -5.72. The largest absolute Gasteiger partial charge is 0.493 e. The molecule has 0 N–H and O–H groups in total. The van der Waals surface area contributed by atoms with Crippen molar-refractivity contribution < 1.29 is 28.5 Å². The number of nitrogens with zero attached hydrogens (tertiary/aromatic N) is 4. The van der Waals surface area contributed by atoms with E-state index in [0.29, 0.717) is 64.2 Å². The summed E-state index contributed by atoms with van der Waals surface area (Å²) in [5, 5.41) is 0. The second-order valence-corrected chi connectivity index (χ2v) is 19.4. The molecule has 0 unspecified atom stereocenters. The van der Waals surface area contributed by atoms with Crippen molar-refractivity contribution >= 4 is 62.8 Å². The van der Waals surface area contributed by atoms with Gasteiger partial charge < -0.3 is 23.8 Å². The number of methoxy groups -OCH3 is 1. The first-order valence-electron chi connectivity index (χ1n) is 20.6. The van der Waals surface area contributed by atoms with Crippen LogP contribution in [0.25, 0.3) is 6.08 Å². The average molecular weight is 853 g/mol. The Morgan fingerprint density at radius 2 is 1.43 bits per heavy atom. The normalized spacial score (nSPS) is 17.1. The Labute approximate surface area is 364 Å². The Balaban J connectivity index is 0.947. The lowest BCUT2D eigenvalue weighted by atomic mass is 10.0. The number of benzene rings is 4. The zero-order chi connectivity index (χ0) is 42.3. The number of hydrogen-bond acceptors (Lipinski definition) is 10. The van der Waals surface area contributed by atoms with Crippen molar-refractivity contribution in [2.24, 2.45) is 4.99 Å². The van der Waals surface area contributed by atoms with Gasteiger partial charge in [0, 0.05) is 52.5 Å². The SMILES string of the molecule is COc1cc2c(cc1OCc1cc(OCCCC(C)(C)SSC)cc(COc3cc4c(cc3C)C(=O)N3c5ccccc5C[C@H]3C=C4)n1)N=C[C@@H]1Cc3ccccc3N1C2=O. The molecule has 0 saturated carbocycles. The van der Waals surface area contributed by atoms with E-state index in [-0.39, 0.29) is 41.9 Å². The Morgan fingerprint density at radius 1 is 0.770 bits per heavy atom. The molecule has 4 aliphatic heterocycles. The molecule has 0 saturated heterocycles. The van der Waals surface area contributed by atoms with Gasteiger partial charge in [-0.05, 0) is 98.9 Å². The smallest absolute Gasteiger partial charge is 0.261 e. The molecule has 0 aliphatic carbocycles. The van der Waals surface area contributed by atoms with Crippen LogP contribution in [0.3, 0.4) is 0 Å². The number of aryl methyl sites for hydroxylation is 1. The van der Waals surface area contributed by atoms with Gasteiger partial charge in [-0.3, -0.25) is 24.5 Å². The van der Waals surface area contributed by atoms with Crippen molar-refractivity contribution in [1.82, 2.24) is 4.98 Å². The lowest BCUT2D eigenvalue weighted by Gasteiger charge is -2.22. The van der Waals surface area contributed by atoms with Crippen molar-refractivity contribution in [3.8, 4) is 23.0 Å². The summed E-state index contributed by atoms with van der Waals surface area (Å²) in [5.74, 6) is 2.07. The predicted molar refractivity (Wildman–Crippen MR) is 246 cm³/mol. The number of pyridine rings is 1. The molecule has 2 atom stereocenters. The van der Waals surface area contributed by atoms with E-state index in [9.17, 15) is 9.59 Å². The first kappa shape index (κ1) is 40.7. The van der Waals surface area contributed by atoms with Gasteiger partial charge in [-0.25, -0.2) is 0 Å². The fraction of sp³-hybridized carbons (Fsp3) is 0.306. The highest BCUT2D eigenvalue weighted by atomic mass is 33.1. The Kier molecular flexibility index (Phi) is 11.3. The summed E-state index contributed by atoms with van der Waals surface area (Å²) in [6.07, 6.45) is 11.5. The van der Waals surface area contributed by atoms with Gasteiger partial charge >= 0.3 is 0 Å². The maximum Gasteiger partial charge on any atom is 0.261 e. The van der Waals surface area contributed by atoms with E-state index in [0.717, 1.165) is 47.3 Å². The van der Waals surface area contributed by atoms with Gasteiger partial charge in [0.05, 0.1) is 48.4 Å². The predicted octanol–water partition coefficient (Wildman–Crippen LogP) is 10.4. The number of aromatic nitrogens is 1. The topological polar surface area (TPSA) is 103 Å². The van der Waals surface area contributed by atoms with Gasteiger partial charge in [-0.15, -0.1) is 0 Å². The molecule has 12 heteroatoms. The number of hydrogen-bond donors (Lipinski definition) is 0. The number of fused-ring (bicyclic) bond motifs is 8. The van der Waals surface area contributed by atoms with Crippen molar-refractivity contribution in [3.63, 3.8) is 0 Å². The van der Waals surface area contributed by atoms with E-state index < -0.39 is 0 Å². The first-order valence-corrected chi connectivity index (χ1v) is 23.2. The molecular formula is C49H48N4O6S2. The standard InChI is InChI=1S/C49H48N4O6S2/c1-30-19-39-31(15-16-36-20-32-11-6-8-13-42(32)52(36)47(39)54)22-44(30)58-28-34-23-38(57-18-10-17-49(2,3)61-60-5)24-35(51-34)29-59-46-26-41-40(25-45(46)56-4)48(55)53-37(27-50-41)21-33-12-7-9-14-43(33)53/h6-9,11-16,19,22-27,36-37H,10,17-18,20-21,28-29H2,1-5H3/t36-,37+/m1/s1. The first-order chi connectivity index (χ1) is 29.6. The lowest BCUT2D eigenvalue weighted by molar-refractivity contribution is 0.0977. The summed E-state index contributed by atoms with van der Waals surface area (Å²) in [4.78, 5) is 41.4. The second-order valence-electron chi connectivity index (χ2n) is 16.3. The van der Waals surface area contributed by atoms with E-state index in [1.54, 1.807) is 30.0 Å². The molecule has 4 aliphatic rings. The van der Waals surface area contributed by atoms with Crippen LogP contribution in [-0.2, 0) is 26.1 Å². The highest BCUT2D eigenvalue weighted by Crippen LogP contribution is 2.42. The molecule has 0 radical (unpaired) electrons. The van der Waals surface area contributed by atoms with Crippen LogP contribution in [0, 0.1) is 6.92 Å². The summed E-state index contributed by atoms with van der Waals surface area (Å²) in [6.45, 7) is 7.28. The molecule has 1 aromatic heterocycles. The van der Waals surface area contributed by atoms with Crippen molar-refractivity contribution in [2.75, 3.05) is 29.8 Å². The minimum atomic E-state index is -0.167. The molecule has 5 heterocycles. The van der Waals surface area contributed by atoms with Crippen LogP contribution < -0.4 is 28.7 Å². The van der Waals surface area contributed by atoms with Crippen LogP contribution in [0.4, 0.5) is 17.1 Å². The summed E-state index contributed by atoms with van der Waals surface area (Å²) in [5.41, 5.74) is 8.79. The highest BCUT2D eigenvalue weighted by molar-refractivity contribution is 8.76. The second kappa shape index (κ2) is 17.0. The van der Waals surface area contributed by atoms with E-state index in [2.05, 4.69) is 38.3 Å². The van der Waals surface area contributed by atoms with Crippen LogP contribution in [0.2, 0.25) is 0 Å². The van der Waals surface area contributed by atoms with Crippen LogP contribution in [0.15, 0.2) is 96.0 Å². The molecule has 0 fully saturated rings. The van der Waals surface area contributed by atoms with Crippen molar-refractivity contribution in [2.45, 2.75) is 76.5 Å². The zero-order valence-electron chi connectivity index (χ0n) is 35.0. The molecule has 0 bridgehead atoms. The van der Waals surface area contributed by atoms with E-state index in [1.807, 2.05) is 100 Å². The Morgan fingerprint density at radius 3 is 2.13 bits per heavy atom. The number of para-hydroxylation sites is 2. The van der Waals surface area contributed by atoms with Crippen molar-refractivity contribution in [3.05, 3.63) is 136 Å². The van der Waals surface area contributed by atoms with Crippen LogP contribution in [-0.4, -0.2) is 59.8 Å². The molecule has 10 nitrogen and oxygen atoms in total. The number of rotatable bonds is 14. The molecule has 61 heavy (non-hydrogen) atoms. The number of carbonyl (C=O) groups is 2. The molecule has 312 valence electrons. The van der Waals surface area contributed by atoms with Crippen LogP contribution >= 0.6 is 21.6 Å². The third-order valence-electron chi connectivity index (χ3n) is 11.6. The van der Waals surface area contributed by atoms with E-state index in [4.69, 9.17) is 28.9 Å². The third-order valence-corrected chi connectivity index (χ3v) is 14.3. The number of ether oxygens (including phenoxy) is 4. The zero-order valence-corrected chi connectivity index (χ0v) is 36.6. The summed E-state index contributed by atoms with van der Waals surface area (Å²) < 4.78 is 25.1. The average Bonchev–Trinajstić information content (AvgIpc) is 3.75. The van der Waals surface area contributed by atoms with Gasteiger partial charge in [0.15, 0.2) is 11.5 Å². The highest BCUT2D eigenvalue weighted by Gasteiger charge is 2.37. The van der Waals surface area contributed by atoms with Crippen LogP contribution in [0.1, 0.15) is 81.0 Å². The van der Waals surface area contributed by atoms with Crippen molar-refractivity contribution in [1.29, 1.82) is 0 Å². The molecular weight excluding hydrogens is 805 g/mol. The van der Waals surface area contributed by atoms with E-state index in [1.165, 1.54) is 5.56 Å². The number of aliphatic imine (C=N–C) groups is 1. The summed E-state index contributed by atoms with van der Waals surface area (Å²) in [7, 11) is 5.22. The monoisotopic (exact) mass is 852 g/mol. The number of anilines is 2. The molecule has 2 amide bonds. The minimum absolute atomic E-state index is 0.00758. The number of amides is 2. The maximum atomic E-state index is 14.0. The maximum absolute atomic E-state index is 14.0. The van der Waals surface area contributed by atoms with Gasteiger partial charge in [-0.2, -0.15) is 0 Å². The van der Waals surface area contributed by atoms with Gasteiger partial charge in [0.25, 0.3) is 11.8 Å². The summed E-state index contributed by atoms with van der Waals surface area (Å²) in [6, 6.07) is 27.1. The summed E-state index contributed by atoms with van der Waals surface area (Å²) >= 11 is 0.